The summed E-state index contributed by atoms with van der Waals surface area (Å²) in [7, 11) is 1.93. The number of benzene rings is 1. The van der Waals surface area contributed by atoms with E-state index in [2.05, 4.69) is 68.7 Å². The largest absolute Gasteiger partial charge is 0.375 e. The number of allylic oxidation sites excluding steroid dienone is 1. The van der Waals surface area contributed by atoms with Crippen molar-refractivity contribution < 1.29 is 0 Å². The Hall–Kier alpha value is -1.44. The number of hydrogen-bond acceptors (Lipinski definition) is 2. The number of rotatable bonds is 4. The van der Waals surface area contributed by atoms with Crippen LogP contribution in [-0.4, -0.2) is 7.05 Å². The second kappa shape index (κ2) is 5.76. The lowest BCUT2D eigenvalue weighted by molar-refractivity contribution is 0.590. The van der Waals surface area contributed by atoms with Crippen molar-refractivity contribution in [2.75, 3.05) is 12.4 Å². The van der Waals surface area contributed by atoms with Crippen LogP contribution in [0, 0.1) is 0 Å². The molecule has 0 fully saturated rings. The molecule has 94 valence electrons. The summed E-state index contributed by atoms with van der Waals surface area (Å²) in [4.78, 5) is 0. The van der Waals surface area contributed by atoms with Crippen LogP contribution in [0.5, 0.6) is 0 Å². The molecule has 1 rings (SSSR count). The molecular formula is C15H24N2. The van der Waals surface area contributed by atoms with Gasteiger partial charge in [0.2, 0.25) is 0 Å². The van der Waals surface area contributed by atoms with Crippen molar-refractivity contribution in [1.82, 2.24) is 5.32 Å². The number of hydrogen-bond donors (Lipinski definition) is 2. The first-order valence-corrected chi connectivity index (χ1v) is 6.23. The van der Waals surface area contributed by atoms with Crippen molar-refractivity contribution >= 4 is 5.69 Å². The fourth-order valence-corrected chi connectivity index (χ4v) is 1.64. The lowest BCUT2D eigenvalue weighted by Gasteiger charge is -2.20. The molecule has 0 aliphatic rings. The van der Waals surface area contributed by atoms with Crippen molar-refractivity contribution in [2.24, 2.45) is 0 Å². The van der Waals surface area contributed by atoms with E-state index in [9.17, 15) is 0 Å². The molecule has 0 atom stereocenters. The normalized spacial score (nSPS) is 12.4. The van der Waals surface area contributed by atoms with E-state index in [4.69, 9.17) is 0 Å². The van der Waals surface area contributed by atoms with Crippen LogP contribution >= 0.6 is 0 Å². The van der Waals surface area contributed by atoms with Crippen molar-refractivity contribution in [3.8, 4) is 0 Å². The molecule has 0 spiro atoms. The highest BCUT2D eigenvalue weighted by Crippen LogP contribution is 2.24. The Balaban J connectivity index is 2.89. The summed E-state index contributed by atoms with van der Waals surface area (Å²) in [5.41, 5.74) is 2.66. The molecule has 0 bridgehead atoms. The van der Waals surface area contributed by atoms with Crippen molar-refractivity contribution in [3.05, 3.63) is 41.7 Å². The molecule has 2 N–H and O–H groups in total. The fraction of sp³-hybridized carbons (Fsp3) is 0.467. The maximum atomic E-state index is 3.39. The number of nitrogens with one attached hydrogen (secondary N) is 2. The van der Waals surface area contributed by atoms with E-state index in [-0.39, 0.29) is 5.41 Å². The van der Waals surface area contributed by atoms with Gasteiger partial charge in [-0.3, -0.25) is 0 Å². The van der Waals surface area contributed by atoms with Gasteiger partial charge in [0.05, 0.1) is 5.82 Å². The molecule has 2 nitrogen and oxygen atoms in total. The van der Waals surface area contributed by atoms with Crippen LogP contribution in [0.1, 0.15) is 39.7 Å². The maximum absolute atomic E-state index is 3.39. The fourth-order valence-electron chi connectivity index (χ4n) is 1.64. The van der Waals surface area contributed by atoms with Crippen LogP contribution in [0.4, 0.5) is 5.69 Å². The van der Waals surface area contributed by atoms with Crippen molar-refractivity contribution in [1.29, 1.82) is 0 Å². The molecule has 2 heteroatoms. The summed E-state index contributed by atoms with van der Waals surface area (Å²) < 4.78 is 0. The van der Waals surface area contributed by atoms with Crippen LogP contribution in [0.2, 0.25) is 0 Å². The van der Waals surface area contributed by atoms with Gasteiger partial charge >= 0.3 is 0 Å². The molecule has 0 unspecified atom stereocenters. The second-order valence-corrected chi connectivity index (χ2v) is 5.23. The molecule has 17 heavy (non-hydrogen) atoms. The molecule has 1 aromatic rings. The first-order valence-electron chi connectivity index (χ1n) is 6.23. The molecule has 1 aromatic carbocycles. The third kappa shape index (κ3) is 4.14. The van der Waals surface area contributed by atoms with E-state index < -0.39 is 0 Å². The smallest absolute Gasteiger partial charge is 0.0987 e. The molecule has 0 aromatic heterocycles. The van der Waals surface area contributed by atoms with E-state index in [0.29, 0.717) is 0 Å². The third-order valence-corrected chi connectivity index (χ3v) is 2.69. The Morgan fingerprint density at radius 1 is 1.29 bits per heavy atom. The minimum atomic E-state index is 0.186. The first-order chi connectivity index (χ1) is 7.97. The monoisotopic (exact) mass is 232 g/mol. The van der Waals surface area contributed by atoms with Crippen LogP contribution < -0.4 is 10.6 Å². The van der Waals surface area contributed by atoms with Crippen LogP contribution in [0.15, 0.2) is 36.2 Å². The predicted octanol–water partition coefficient (Wildman–Crippen LogP) is 3.87. The Morgan fingerprint density at radius 2 is 2.00 bits per heavy atom. The molecule has 0 radical (unpaired) electrons. The molecule has 0 saturated heterocycles. The standard InChI is InChI=1S/C15H24N2/c1-6-8-14(16-5)17-13-10-7-9-12(11-13)15(2,3)4/h7-11,16-17H,6H2,1-5H3/b14-8-. The van der Waals surface area contributed by atoms with Crippen LogP contribution in [-0.2, 0) is 5.41 Å². The van der Waals surface area contributed by atoms with Gasteiger partial charge in [-0.15, -0.1) is 0 Å². The van der Waals surface area contributed by atoms with Gasteiger partial charge in [-0.05, 0) is 35.6 Å². The average molecular weight is 232 g/mol. The third-order valence-electron chi connectivity index (χ3n) is 2.69. The predicted molar refractivity (Wildman–Crippen MR) is 76.2 cm³/mol. The van der Waals surface area contributed by atoms with E-state index in [1.807, 2.05) is 7.05 Å². The van der Waals surface area contributed by atoms with Gasteiger partial charge in [0.1, 0.15) is 0 Å². The second-order valence-electron chi connectivity index (χ2n) is 5.23. The highest BCUT2D eigenvalue weighted by molar-refractivity contribution is 5.51. The summed E-state index contributed by atoms with van der Waals surface area (Å²) in [6.45, 7) is 8.82. The molecule has 0 saturated carbocycles. The Labute approximate surface area is 105 Å². The van der Waals surface area contributed by atoms with E-state index in [1.54, 1.807) is 0 Å². The zero-order chi connectivity index (χ0) is 12.9. The lowest BCUT2D eigenvalue weighted by atomic mass is 9.87. The van der Waals surface area contributed by atoms with Crippen molar-refractivity contribution in [3.63, 3.8) is 0 Å². The SMILES string of the molecule is CC/C=C(/NC)Nc1cccc(C(C)(C)C)c1. The number of anilines is 1. The zero-order valence-corrected chi connectivity index (χ0v) is 11.6. The quantitative estimate of drug-likeness (QED) is 0.823. The summed E-state index contributed by atoms with van der Waals surface area (Å²) in [5.74, 6) is 1.05. The van der Waals surface area contributed by atoms with Crippen LogP contribution in [0.25, 0.3) is 0 Å². The van der Waals surface area contributed by atoms with Crippen LogP contribution in [0.3, 0.4) is 0 Å². The Morgan fingerprint density at radius 3 is 2.53 bits per heavy atom. The van der Waals surface area contributed by atoms with Gasteiger partial charge < -0.3 is 10.6 Å². The van der Waals surface area contributed by atoms with E-state index >= 15 is 0 Å². The highest BCUT2D eigenvalue weighted by Gasteiger charge is 2.13. The molecule has 0 heterocycles. The van der Waals surface area contributed by atoms with E-state index in [1.165, 1.54) is 5.56 Å². The van der Waals surface area contributed by atoms with Gasteiger partial charge in [-0.1, -0.05) is 39.8 Å². The molecular weight excluding hydrogens is 208 g/mol. The Bertz CT molecular complexity index is 386. The van der Waals surface area contributed by atoms with Crippen molar-refractivity contribution in [2.45, 2.75) is 39.5 Å². The van der Waals surface area contributed by atoms with Gasteiger partial charge in [-0.25, -0.2) is 0 Å². The van der Waals surface area contributed by atoms with E-state index in [0.717, 1.165) is 17.9 Å². The first kappa shape index (κ1) is 13.6. The minimum Gasteiger partial charge on any atom is -0.375 e. The summed E-state index contributed by atoms with van der Waals surface area (Å²) in [6.07, 6.45) is 3.16. The van der Waals surface area contributed by atoms with Gasteiger partial charge in [0.25, 0.3) is 0 Å². The summed E-state index contributed by atoms with van der Waals surface area (Å²) in [5, 5.41) is 6.55. The molecule has 0 amide bonds. The van der Waals surface area contributed by atoms with Gasteiger partial charge in [-0.2, -0.15) is 0 Å². The minimum absolute atomic E-state index is 0.186. The lowest BCUT2D eigenvalue weighted by Crippen LogP contribution is -2.16. The molecule has 0 aliphatic heterocycles. The average Bonchev–Trinajstić information content (AvgIpc) is 2.28. The maximum Gasteiger partial charge on any atom is 0.0987 e. The topological polar surface area (TPSA) is 24.1 Å². The summed E-state index contributed by atoms with van der Waals surface area (Å²) >= 11 is 0. The molecule has 0 aliphatic carbocycles. The van der Waals surface area contributed by atoms with Gasteiger partial charge in [0.15, 0.2) is 0 Å². The Kier molecular flexibility index (Phi) is 4.62. The van der Waals surface area contributed by atoms with Gasteiger partial charge in [0, 0.05) is 12.7 Å². The zero-order valence-electron chi connectivity index (χ0n) is 11.6. The summed E-state index contributed by atoms with van der Waals surface area (Å²) in [6, 6.07) is 8.58. The highest BCUT2D eigenvalue weighted by atomic mass is 15.1.